The second kappa shape index (κ2) is 4.48. The first-order valence-electron chi connectivity index (χ1n) is 5.95. The molecule has 2 aromatic carbocycles. The highest BCUT2D eigenvalue weighted by Gasteiger charge is 2.32. The highest BCUT2D eigenvalue weighted by atomic mass is 16.5. The molecule has 90 valence electrons. The molecule has 0 saturated carbocycles. The van der Waals surface area contributed by atoms with Gasteiger partial charge >= 0.3 is 7.12 Å². The molecule has 0 amide bonds. The maximum atomic E-state index is 9.14. The van der Waals surface area contributed by atoms with Crippen molar-refractivity contribution in [1.29, 1.82) is 0 Å². The van der Waals surface area contributed by atoms with Crippen LogP contribution in [-0.4, -0.2) is 23.2 Å². The van der Waals surface area contributed by atoms with Gasteiger partial charge in [-0.05, 0) is 28.8 Å². The zero-order valence-corrected chi connectivity index (χ0v) is 9.78. The van der Waals surface area contributed by atoms with Crippen molar-refractivity contribution in [3.63, 3.8) is 0 Å². The first kappa shape index (κ1) is 11.3. The molecule has 1 aliphatic rings. The zero-order valence-electron chi connectivity index (χ0n) is 9.78. The third-order valence-corrected chi connectivity index (χ3v) is 3.20. The van der Waals surface area contributed by atoms with Crippen LogP contribution in [-0.2, 0) is 6.42 Å². The minimum absolute atomic E-state index is 0.535. The molecule has 0 aliphatic carbocycles. The van der Waals surface area contributed by atoms with Crippen LogP contribution in [0.1, 0.15) is 5.56 Å². The van der Waals surface area contributed by atoms with Crippen molar-refractivity contribution in [2.75, 3.05) is 0 Å². The van der Waals surface area contributed by atoms with Gasteiger partial charge in [0.2, 0.25) is 0 Å². The van der Waals surface area contributed by atoms with Crippen molar-refractivity contribution in [2.24, 2.45) is 0 Å². The zero-order chi connectivity index (χ0) is 12.5. The minimum atomic E-state index is -1.43. The Morgan fingerprint density at radius 2 is 1.78 bits per heavy atom. The average Bonchev–Trinajstić information content (AvgIpc) is 2.82. The number of rotatable bonds is 2. The molecule has 0 radical (unpaired) electrons. The van der Waals surface area contributed by atoms with E-state index in [0.717, 1.165) is 22.4 Å². The first-order chi connectivity index (χ1) is 8.74. The van der Waals surface area contributed by atoms with Crippen LogP contribution in [0.5, 0.6) is 5.75 Å². The Kier molecular flexibility index (Phi) is 2.82. The van der Waals surface area contributed by atoms with Crippen molar-refractivity contribution >= 4 is 7.12 Å². The molecule has 2 aromatic rings. The second-order valence-corrected chi connectivity index (χ2v) is 4.46. The molecule has 0 bridgehead atoms. The van der Waals surface area contributed by atoms with E-state index in [1.807, 2.05) is 36.4 Å². The average molecular weight is 240 g/mol. The molecule has 4 heteroatoms. The summed E-state index contributed by atoms with van der Waals surface area (Å²) in [5.74, 6) is 0.743. The number of fused-ring (bicyclic) bond motifs is 1. The van der Waals surface area contributed by atoms with Gasteiger partial charge in [-0.1, -0.05) is 36.4 Å². The molecule has 2 N–H and O–H groups in total. The Hall–Kier alpha value is -1.78. The monoisotopic (exact) mass is 240 g/mol. The van der Waals surface area contributed by atoms with Crippen molar-refractivity contribution in [1.82, 2.24) is 0 Å². The van der Waals surface area contributed by atoms with Crippen molar-refractivity contribution < 1.29 is 14.8 Å². The summed E-state index contributed by atoms with van der Waals surface area (Å²) in [6.07, 6.45) is 0.535. The molecule has 3 nitrogen and oxygen atoms in total. The molecule has 1 heterocycles. The highest BCUT2D eigenvalue weighted by Crippen LogP contribution is 2.33. The summed E-state index contributed by atoms with van der Waals surface area (Å²) in [6, 6.07) is 15.5. The Labute approximate surface area is 106 Å². The van der Waals surface area contributed by atoms with E-state index in [0.29, 0.717) is 6.42 Å². The second-order valence-electron chi connectivity index (χ2n) is 4.46. The topological polar surface area (TPSA) is 49.7 Å². The van der Waals surface area contributed by atoms with E-state index >= 15 is 0 Å². The van der Waals surface area contributed by atoms with Crippen molar-refractivity contribution in [2.45, 2.75) is 12.4 Å². The Morgan fingerprint density at radius 1 is 1.00 bits per heavy atom. The van der Waals surface area contributed by atoms with E-state index in [1.54, 1.807) is 0 Å². The largest absolute Gasteiger partial charge is 0.495 e. The van der Waals surface area contributed by atoms with E-state index < -0.39 is 13.1 Å². The lowest BCUT2D eigenvalue weighted by Crippen LogP contribution is -2.34. The third kappa shape index (κ3) is 2.01. The fourth-order valence-electron chi connectivity index (χ4n) is 2.25. The van der Waals surface area contributed by atoms with E-state index in [-0.39, 0.29) is 0 Å². The molecular weight excluding hydrogens is 227 g/mol. The van der Waals surface area contributed by atoms with Crippen LogP contribution in [0.25, 0.3) is 11.1 Å². The van der Waals surface area contributed by atoms with Gasteiger partial charge in [0.25, 0.3) is 0 Å². The van der Waals surface area contributed by atoms with E-state index in [9.17, 15) is 0 Å². The summed E-state index contributed by atoms with van der Waals surface area (Å²) in [5, 5.41) is 18.3. The number of hydrogen-bond donors (Lipinski definition) is 2. The van der Waals surface area contributed by atoms with Crippen LogP contribution in [0, 0.1) is 0 Å². The number of ether oxygens (including phenoxy) is 1. The van der Waals surface area contributed by atoms with Gasteiger partial charge in [0.15, 0.2) is 0 Å². The summed E-state index contributed by atoms with van der Waals surface area (Å²) < 4.78 is 5.46. The lowest BCUT2D eigenvalue weighted by atomic mass is 9.80. The highest BCUT2D eigenvalue weighted by molar-refractivity contribution is 6.43. The van der Waals surface area contributed by atoms with Crippen LogP contribution in [0.2, 0.25) is 0 Å². The van der Waals surface area contributed by atoms with Crippen LogP contribution >= 0.6 is 0 Å². The molecule has 0 aromatic heterocycles. The maximum absolute atomic E-state index is 9.14. The summed E-state index contributed by atoms with van der Waals surface area (Å²) in [5.41, 5.74) is 3.29. The van der Waals surface area contributed by atoms with E-state index in [2.05, 4.69) is 12.1 Å². The van der Waals surface area contributed by atoms with Gasteiger partial charge in [0, 0.05) is 6.42 Å². The summed E-state index contributed by atoms with van der Waals surface area (Å²) >= 11 is 0. The molecule has 0 saturated heterocycles. The van der Waals surface area contributed by atoms with E-state index in [1.165, 1.54) is 0 Å². The molecule has 0 spiro atoms. The van der Waals surface area contributed by atoms with Gasteiger partial charge in [0.1, 0.15) is 11.8 Å². The third-order valence-electron chi connectivity index (χ3n) is 3.20. The molecular formula is C14H13BO3. The fourth-order valence-corrected chi connectivity index (χ4v) is 2.25. The smallest absolute Gasteiger partial charge is 0.492 e. The van der Waals surface area contributed by atoms with Crippen LogP contribution < -0.4 is 4.74 Å². The first-order valence-corrected chi connectivity index (χ1v) is 5.95. The van der Waals surface area contributed by atoms with E-state index in [4.69, 9.17) is 14.8 Å². The summed E-state index contributed by atoms with van der Waals surface area (Å²) in [4.78, 5) is 0. The normalized spacial score (nSPS) is 17.1. The standard InChI is InChI=1S/C14H13BO3/c16-15(17)14-9-12-8-11(6-7-13(12)18-14)10-4-2-1-3-5-10/h1-8,14,16-17H,9H2/t14-/m0/s1. The molecule has 0 fully saturated rings. The summed E-state index contributed by atoms with van der Waals surface area (Å²) in [7, 11) is -1.43. The van der Waals surface area contributed by atoms with Crippen LogP contribution in [0.3, 0.4) is 0 Å². The Bertz CT molecular complexity index is 554. The van der Waals surface area contributed by atoms with Gasteiger partial charge in [-0.15, -0.1) is 0 Å². The molecule has 0 unspecified atom stereocenters. The SMILES string of the molecule is OB(O)[C@@H]1Cc2cc(-c3ccccc3)ccc2O1. The predicted octanol–water partition coefficient (Wildman–Crippen LogP) is 1.67. The van der Waals surface area contributed by atoms with Crippen LogP contribution in [0.4, 0.5) is 0 Å². The van der Waals surface area contributed by atoms with Crippen molar-refractivity contribution in [3.05, 3.63) is 54.1 Å². The Morgan fingerprint density at radius 3 is 2.50 bits per heavy atom. The molecule has 18 heavy (non-hydrogen) atoms. The van der Waals surface area contributed by atoms with Gasteiger partial charge in [0.05, 0.1) is 0 Å². The van der Waals surface area contributed by atoms with Gasteiger partial charge < -0.3 is 14.8 Å². The Balaban J connectivity index is 1.93. The van der Waals surface area contributed by atoms with Gasteiger partial charge in [-0.3, -0.25) is 0 Å². The quantitative estimate of drug-likeness (QED) is 0.785. The molecule has 1 aliphatic heterocycles. The predicted molar refractivity (Wildman–Crippen MR) is 70.2 cm³/mol. The van der Waals surface area contributed by atoms with Crippen LogP contribution in [0.15, 0.2) is 48.5 Å². The molecule has 1 atom stereocenters. The lowest BCUT2D eigenvalue weighted by molar-refractivity contribution is 0.244. The van der Waals surface area contributed by atoms with Gasteiger partial charge in [-0.2, -0.15) is 0 Å². The maximum Gasteiger partial charge on any atom is 0.495 e. The molecule has 3 rings (SSSR count). The number of benzene rings is 2. The van der Waals surface area contributed by atoms with Gasteiger partial charge in [-0.25, -0.2) is 0 Å². The summed E-state index contributed by atoms with van der Waals surface area (Å²) in [6.45, 7) is 0. The lowest BCUT2D eigenvalue weighted by Gasteiger charge is -2.07. The fraction of sp³-hybridized carbons (Fsp3) is 0.143. The van der Waals surface area contributed by atoms with Crippen molar-refractivity contribution in [3.8, 4) is 16.9 Å². The minimum Gasteiger partial charge on any atom is -0.492 e. The number of hydrogen-bond acceptors (Lipinski definition) is 3.